The van der Waals surface area contributed by atoms with Crippen molar-refractivity contribution < 1.29 is 13.3 Å². The summed E-state index contributed by atoms with van der Waals surface area (Å²) in [4.78, 5) is 0. The fraction of sp³-hybridized carbons (Fsp3) is 1.00. The zero-order chi connectivity index (χ0) is 7.70. The summed E-state index contributed by atoms with van der Waals surface area (Å²) in [6.45, 7) is 2.98. The molecule has 0 aliphatic rings. The minimum atomic E-state index is -2.61. The molecule has 0 rings (SSSR count). The Morgan fingerprint density at radius 1 is 1.56 bits per heavy atom. The van der Waals surface area contributed by atoms with Crippen LogP contribution in [0.1, 0.15) is 19.8 Å². The quantitative estimate of drug-likeness (QED) is 0.505. The van der Waals surface area contributed by atoms with E-state index in [9.17, 15) is 0 Å². The third-order valence-corrected chi connectivity index (χ3v) is 0.558. The van der Waals surface area contributed by atoms with E-state index < -0.39 is 11.4 Å². The predicted octanol–water partition coefficient (Wildman–Crippen LogP) is 0.426. The minimum absolute atomic E-state index is 0.844. The van der Waals surface area contributed by atoms with Gasteiger partial charge in [-0.1, -0.05) is 13.3 Å². The first-order valence-corrected chi connectivity index (χ1v) is 3.71. The van der Waals surface area contributed by atoms with Gasteiger partial charge < -0.3 is 5.73 Å². The molecule has 0 fully saturated rings. The Morgan fingerprint density at radius 2 is 1.89 bits per heavy atom. The van der Waals surface area contributed by atoms with Crippen molar-refractivity contribution in [1.82, 2.24) is 0 Å². The van der Waals surface area contributed by atoms with E-state index in [1.54, 1.807) is 0 Å². The van der Waals surface area contributed by atoms with Gasteiger partial charge in [0.25, 0.3) is 11.4 Å². The van der Waals surface area contributed by atoms with Crippen LogP contribution in [0.15, 0.2) is 0 Å². The molecule has 0 aromatic rings. The smallest absolute Gasteiger partial charge is 0.299 e. The molecule has 0 bridgehead atoms. The molecule has 0 aliphatic heterocycles. The Labute approximate surface area is 57.6 Å². The van der Waals surface area contributed by atoms with E-state index in [-0.39, 0.29) is 0 Å². The summed E-state index contributed by atoms with van der Waals surface area (Å²) in [7, 11) is 0. The molecular weight excluding hydrogens is 142 g/mol. The molecule has 58 valence electrons. The van der Waals surface area contributed by atoms with E-state index in [1.165, 1.54) is 12.8 Å². The zero-order valence-corrected chi connectivity index (χ0v) is 6.23. The third kappa shape index (κ3) is 70.9. The monoisotopic (exact) mass is 155 g/mol. The van der Waals surface area contributed by atoms with Gasteiger partial charge in [0, 0.05) is 0 Å². The van der Waals surface area contributed by atoms with Gasteiger partial charge in [-0.05, 0) is 13.0 Å². The van der Waals surface area contributed by atoms with Crippen LogP contribution in [0, 0.1) is 0 Å². The van der Waals surface area contributed by atoms with Gasteiger partial charge in [0.05, 0.1) is 0 Å². The second-order valence-corrected chi connectivity index (χ2v) is 1.83. The van der Waals surface area contributed by atoms with Crippen LogP contribution in [0.25, 0.3) is 0 Å². The SMILES string of the molecule is CCCCN.O=S(O)O. The molecular formula is C4H13NO3S. The first-order valence-electron chi connectivity index (χ1n) is 2.65. The number of nitrogens with two attached hydrogens (primary N) is 1. The van der Waals surface area contributed by atoms with Crippen molar-refractivity contribution >= 4 is 11.4 Å². The van der Waals surface area contributed by atoms with Gasteiger partial charge in [-0.15, -0.1) is 0 Å². The average molecular weight is 155 g/mol. The van der Waals surface area contributed by atoms with Crippen LogP contribution in [0.3, 0.4) is 0 Å². The number of unbranched alkanes of at least 4 members (excludes halogenated alkanes) is 1. The molecule has 4 nitrogen and oxygen atoms in total. The molecule has 0 amide bonds. The van der Waals surface area contributed by atoms with Gasteiger partial charge in [-0.3, -0.25) is 9.11 Å². The van der Waals surface area contributed by atoms with Crippen LogP contribution >= 0.6 is 0 Å². The highest BCUT2D eigenvalue weighted by atomic mass is 32.2. The lowest BCUT2D eigenvalue weighted by Crippen LogP contribution is -1.95. The number of rotatable bonds is 2. The van der Waals surface area contributed by atoms with E-state index in [0.29, 0.717) is 0 Å². The van der Waals surface area contributed by atoms with Crippen molar-refractivity contribution in [1.29, 1.82) is 0 Å². The second-order valence-electron chi connectivity index (χ2n) is 1.37. The van der Waals surface area contributed by atoms with E-state index in [0.717, 1.165) is 6.54 Å². The summed E-state index contributed by atoms with van der Waals surface area (Å²) in [5.41, 5.74) is 5.14. The van der Waals surface area contributed by atoms with Crippen LogP contribution in [-0.2, 0) is 11.4 Å². The van der Waals surface area contributed by atoms with Crippen molar-refractivity contribution in [2.75, 3.05) is 6.54 Å². The molecule has 0 aromatic carbocycles. The van der Waals surface area contributed by atoms with Crippen LogP contribution in [0.5, 0.6) is 0 Å². The van der Waals surface area contributed by atoms with Crippen molar-refractivity contribution in [3.8, 4) is 0 Å². The zero-order valence-electron chi connectivity index (χ0n) is 5.41. The highest BCUT2D eigenvalue weighted by Gasteiger charge is 1.68. The van der Waals surface area contributed by atoms with Crippen LogP contribution in [0.2, 0.25) is 0 Å². The second kappa shape index (κ2) is 10.9. The predicted molar refractivity (Wildman–Crippen MR) is 37.4 cm³/mol. The third-order valence-electron chi connectivity index (χ3n) is 0.558. The van der Waals surface area contributed by atoms with Crippen LogP contribution < -0.4 is 5.73 Å². The largest absolute Gasteiger partial charge is 0.330 e. The Bertz CT molecular complexity index is 62.8. The average Bonchev–Trinajstić information content (AvgIpc) is 1.66. The normalized spacial score (nSPS) is 8.56. The molecule has 0 unspecified atom stereocenters. The number of hydrogen-bond acceptors (Lipinski definition) is 2. The lowest BCUT2D eigenvalue weighted by atomic mass is 10.3. The Kier molecular flexibility index (Phi) is 14.3. The topological polar surface area (TPSA) is 83.6 Å². The summed E-state index contributed by atoms with van der Waals surface area (Å²) in [5, 5.41) is 0. The van der Waals surface area contributed by atoms with E-state index >= 15 is 0 Å². The van der Waals surface area contributed by atoms with Crippen molar-refractivity contribution in [3.05, 3.63) is 0 Å². The van der Waals surface area contributed by atoms with Crippen LogP contribution in [0.4, 0.5) is 0 Å². The fourth-order valence-corrected chi connectivity index (χ4v) is 0.204. The molecule has 9 heavy (non-hydrogen) atoms. The Morgan fingerprint density at radius 3 is 1.89 bits per heavy atom. The maximum Gasteiger partial charge on any atom is 0.299 e. The molecule has 0 atom stereocenters. The van der Waals surface area contributed by atoms with Crippen molar-refractivity contribution in [2.45, 2.75) is 19.8 Å². The number of hydrogen-bond donors (Lipinski definition) is 3. The first kappa shape index (κ1) is 11.8. The Balaban J connectivity index is 0. The molecule has 5 heteroatoms. The molecule has 0 radical (unpaired) electrons. The van der Waals surface area contributed by atoms with Gasteiger partial charge in [-0.25, -0.2) is 0 Å². The van der Waals surface area contributed by atoms with Gasteiger partial charge in [-0.2, -0.15) is 4.21 Å². The van der Waals surface area contributed by atoms with E-state index in [1.807, 2.05) is 0 Å². The fourth-order valence-electron chi connectivity index (χ4n) is 0.204. The highest BCUT2D eigenvalue weighted by molar-refractivity contribution is 7.73. The summed E-state index contributed by atoms with van der Waals surface area (Å²) >= 11 is -2.61. The van der Waals surface area contributed by atoms with Gasteiger partial charge in [0.2, 0.25) is 0 Å². The molecule has 0 heterocycles. The van der Waals surface area contributed by atoms with Crippen molar-refractivity contribution in [3.63, 3.8) is 0 Å². The van der Waals surface area contributed by atoms with Gasteiger partial charge in [0.15, 0.2) is 0 Å². The maximum absolute atomic E-state index is 8.67. The Hall–Kier alpha value is 0.0300. The molecule has 0 aromatic heterocycles. The van der Waals surface area contributed by atoms with E-state index in [2.05, 4.69) is 6.92 Å². The molecule has 0 saturated carbocycles. The summed E-state index contributed by atoms with van der Waals surface area (Å²) in [5.74, 6) is 0. The first-order chi connectivity index (χ1) is 4.15. The summed E-state index contributed by atoms with van der Waals surface area (Å²) < 4.78 is 22.8. The lowest BCUT2D eigenvalue weighted by Gasteiger charge is -1.80. The van der Waals surface area contributed by atoms with Gasteiger partial charge in [0.1, 0.15) is 0 Å². The molecule has 0 aliphatic carbocycles. The molecule has 0 spiro atoms. The molecule has 4 N–H and O–H groups in total. The van der Waals surface area contributed by atoms with Crippen molar-refractivity contribution in [2.24, 2.45) is 5.73 Å². The minimum Gasteiger partial charge on any atom is -0.330 e. The summed E-state index contributed by atoms with van der Waals surface area (Å²) in [6, 6.07) is 0. The van der Waals surface area contributed by atoms with Gasteiger partial charge >= 0.3 is 0 Å². The summed E-state index contributed by atoms with van der Waals surface area (Å²) in [6.07, 6.45) is 2.39. The highest BCUT2D eigenvalue weighted by Crippen LogP contribution is 1.77. The standard InChI is InChI=1S/C4H11N.H2O3S/c1-2-3-4-5;1-4(2)3/h2-5H2,1H3;(H2,1,2,3). The van der Waals surface area contributed by atoms with E-state index in [4.69, 9.17) is 19.0 Å². The van der Waals surface area contributed by atoms with Crippen LogP contribution in [-0.4, -0.2) is 19.9 Å². The lowest BCUT2D eigenvalue weighted by molar-refractivity contribution is 0.454. The molecule has 0 saturated heterocycles. The maximum atomic E-state index is 8.67.